The molecule has 1 rings (SSSR count). The summed E-state index contributed by atoms with van der Waals surface area (Å²) < 4.78 is 5.63. The Bertz CT molecular complexity index is 378. The Balaban J connectivity index is 2.41. The Morgan fingerprint density at radius 2 is 2.11 bits per heavy atom. The molecule has 0 aliphatic rings. The lowest BCUT2D eigenvalue weighted by atomic mass is 10.1. The Labute approximate surface area is 109 Å². The monoisotopic (exact) mass is 250 g/mol. The molecule has 0 radical (unpaired) electrons. The molecule has 18 heavy (non-hydrogen) atoms. The Morgan fingerprint density at radius 1 is 1.39 bits per heavy atom. The van der Waals surface area contributed by atoms with E-state index in [0.717, 1.165) is 17.7 Å². The van der Waals surface area contributed by atoms with E-state index in [1.165, 1.54) is 0 Å². The van der Waals surface area contributed by atoms with Crippen LogP contribution in [0.5, 0.6) is 5.75 Å². The second-order valence-electron chi connectivity index (χ2n) is 4.47. The summed E-state index contributed by atoms with van der Waals surface area (Å²) in [6.07, 6.45) is 1.16. The molecular weight excluding hydrogens is 228 g/mol. The van der Waals surface area contributed by atoms with Crippen molar-refractivity contribution < 1.29 is 9.53 Å². The van der Waals surface area contributed by atoms with Crippen molar-refractivity contribution in [1.82, 2.24) is 5.32 Å². The number of nitrogens with two attached hydrogens (primary N) is 1. The van der Waals surface area contributed by atoms with Crippen molar-refractivity contribution in [3.63, 3.8) is 0 Å². The van der Waals surface area contributed by atoms with Crippen LogP contribution in [0.3, 0.4) is 0 Å². The van der Waals surface area contributed by atoms with Crippen LogP contribution in [0.4, 0.5) is 0 Å². The molecule has 100 valence electrons. The average Bonchev–Trinajstić information content (AvgIpc) is 2.30. The molecule has 1 amide bonds. The van der Waals surface area contributed by atoms with Crippen molar-refractivity contribution in [2.24, 2.45) is 5.73 Å². The Kier molecular flexibility index (Phi) is 6.22. The molecule has 0 fully saturated rings. The molecule has 0 unspecified atom stereocenters. The van der Waals surface area contributed by atoms with Crippen LogP contribution in [-0.4, -0.2) is 25.1 Å². The number of amides is 1. The van der Waals surface area contributed by atoms with Gasteiger partial charge in [0.25, 0.3) is 0 Å². The molecule has 1 aromatic carbocycles. The normalized spacial score (nSPS) is 10.4. The highest BCUT2D eigenvalue weighted by molar-refractivity contribution is 5.76. The van der Waals surface area contributed by atoms with E-state index in [0.29, 0.717) is 19.6 Å². The summed E-state index contributed by atoms with van der Waals surface area (Å²) in [6, 6.07) is 7.95. The van der Waals surface area contributed by atoms with E-state index < -0.39 is 0 Å². The molecule has 0 aliphatic heterocycles. The largest absolute Gasteiger partial charge is 0.493 e. The van der Waals surface area contributed by atoms with Gasteiger partial charge in [0, 0.05) is 6.04 Å². The third-order valence-electron chi connectivity index (χ3n) is 2.42. The van der Waals surface area contributed by atoms with Gasteiger partial charge in [-0.25, -0.2) is 0 Å². The molecular formula is C14H22N2O2. The molecule has 3 N–H and O–H groups in total. The first-order valence-corrected chi connectivity index (χ1v) is 6.33. The average molecular weight is 250 g/mol. The number of hydrogen-bond donors (Lipinski definition) is 2. The first kappa shape index (κ1) is 14.5. The molecule has 0 atom stereocenters. The van der Waals surface area contributed by atoms with Gasteiger partial charge < -0.3 is 15.8 Å². The first-order chi connectivity index (χ1) is 8.63. The molecule has 0 saturated carbocycles. The molecule has 0 bridgehead atoms. The lowest BCUT2D eigenvalue weighted by molar-refractivity contribution is -0.122. The number of carbonyl (C=O) groups is 1. The highest BCUT2D eigenvalue weighted by atomic mass is 16.5. The van der Waals surface area contributed by atoms with Gasteiger partial charge in [-0.2, -0.15) is 0 Å². The minimum atomic E-state index is 0.0151. The van der Waals surface area contributed by atoms with Crippen molar-refractivity contribution in [2.45, 2.75) is 32.7 Å². The summed E-state index contributed by atoms with van der Waals surface area (Å²) >= 11 is 0. The van der Waals surface area contributed by atoms with Crippen molar-refractivity contribution in [3.05, 3.63) is 29.8 Å². The smallest absolute Gasteiger partial charge is 0.223 e. The minimum absolute atomic E-state index is 0.0151. The standard InChI is InChI=1S/C14H22N2O2/c1-11(2)16-14(17)8-10-18-13-6-4-3-5-12(13)7-9-15/h3-6,11H,7-10,15H2,1-2H3,(H,16,17). The van der Waals surface area contributed by atoms with Gasteiger partial charge in [0.2, 0.25) is 5.91 Å². The fourth-order valence-corrected chi connectivity index (χ4v) is 1.65. The third kappa shape index (κ3) is 5.19. The minimum Gasteiger partial charge on any atom is -0.493 e. The van der Waals surface area contributed by atoms with Gasteiger partial charge in [-0.15, -0.1) is 0 Å². The summed E-state index contributed by atoms with van der Waals surface area (Å²) in [5, 5.41) is 2.83. The van der Waals surface area contributed by atoms with Crippen molar-refractivity contribution in [3.8, 4) is 5.75 Å². The van der Waals surface area contributed by atoms with Crippen LogP contribution < -0.4 is 15.8 Å². The first-order valence-electron chi connectivity index (χ1n) is 6.33. The lowest BCUT2D eigenvalue weighted by Gasteiger charge is -2.12. The zero-order chi connectivity index (χ0) is 13.4. The van der Waals surface area contributed by atoms with Gasteiger partial charge in [0.05, 0.1) is 13.0 Å². The van der Waals surface area contributed by atoms with Crippen LogP contribution in [0.1, 0.15) is 25.8 Å². The molecule has 0 spiro atoms. The molecule has 0 saturated heterocycles. The predicted octanol–water partition coefficient (Wildman–Crippen LogP) is 1.48. The van der Waals surface area contributed by atoms with Gasteiger partial charge in [0.15, 0.2) is 0 Å². The van der Waals surface area contributed by atoms with Gasteiger partial charge in [-0.1, -0.05) is 18.2 Å². The van der Waals surface area contributed by atoms with Crippen LogP contribution in [0.2, 0.25) is 0 Å². The fraction of sp³-hybridized carbons (Fsp3) is 0.500. The van der Waals surface area contributed by atoms with E-state index in [1.807, 2.05) is 38.1 Å². The number of hydrogen-bond acceptors (Lipinski definition) is 3. The molecule has 4 heteroatoms. The van der Waals surface area contributed by atoms with Crippen molar-refractivity contribution in [2.75, 3.05) is 13.2 Å². The zero-order valence-electron chi connectivity index (χ0n) is 11.1. The number of benzene rings is 1. The second-order valence-corrected chi connectivity index (χ2v) is 4.47. The van der Waals surface area contributed by atoms with Crippen LogP contribution in [0.25, 0.3) is 0 Å². The second kappa shape index (κ2) is 7.71. The van der Waals surface area contributed by atoms with Crippen LogP contribution in [-0.2, 0) is 11.2 Å². The number of carbonyl (C=O) groups excluding carboxylic acids is 1. The van der Waals surface area contributed by atoms with Crippen LogP contribution >= 0.6 is 0 Å². The van der Waals surface area contributed by atoms with Crippen LogP contribution in [0.15, 0.2) is 24.3 Å². The van der Waals surface area contributed by atoms with E-state index in [9.17, 15) is 4.79 Å². The number of rotatable bonds is 7. The maximum atomic E-state index is 11.4. The fourth-order valence-electron chi connectivity index (χ4n) is 1.65. The molecule has 0 heterocycles. The number of para-hydroxylation sites is 1. The Morgan fingerprint density at radius 3 is 2.78 bits per heavy atom. The summed E-state index contributed by atoms with van der Waals surface area (Å²) in [5.41, 5.74) is 6.63. The highest BCUT2D eigenvalue weighted by Crippen LogP contribution is 2.18. The van der Waals surface area contributed by atoms with Gasteiger partial charge >= 0.3 is 0 Å². The van der Waals surface area contributed by atoms with Crippen molar-refractivity contribution >= 4 is 5.91 Å². The number of nitrogens with one attached hydrogen (secondary N) is 1. The van der Waals surface area contributed by atoms with E-state index in [2.05, 4.69) is 5.32 Å². The van der Waals surface area contributed by atoms with Gasteiger partial charge in [-0.05, 0) is 38.4 Å². The third-order valence-corrected chi connectivity index (χ3v) is 2.42. The predicted molar refractivity (Wildman–Crippen MR) is 72.6 cm³/mol. The summed E-state index contributed by atoms with van der Waals surface area (Å²) in [6.45, 7) is 4.86. The molecule has 4 nitrogen and oxygen atoms in total. The van der Waals surface area contributed by atoms with E-state index >= 15 is 0 Å². The van der Waals surface area contributed by atoms with Gasteiger partial charge in [-0.3, -0.25) is 4.79 Å². The SMILES string of the molecule is CC(C)NC(=O)CCOc1ccccc1CCN. The summed E-state index contributed by atoms with van der Waals surface area (Å²) in [7, 11) is 0. The van der Waals surface area contributed by atoms with Gasteiger partial charge in [0.1, 0.15) is 5.75 Å². The summed E-state index contributed by atoms with van der Waals surface area (Å²) in [5.74, 6) is 0.835. The molecule has 1 aromatic rings. The van der Waals surface area contributed by atoms with E-state index in [-0.39, 0.29) is 11.9 Å². The maximum absolute atomic E-state index is 11.4. The maximum Gasteiger partial charge on any atom is 0.223 e. The quantitative estimate of drug-likeness (QED) is 0.770. The van der Waals surface area contributed by atoms with Crippen LogP contribution in [0, 0.1) is 0 Å². The highest BCUT2D eigenvalue weighted by Gasteiger charge is 2.05. The lowest BCUT2D eigenvalue weighted by Crippen LogP contribution is -2.31. The zero-order valence-corrected chi connectivity index (χ0v) is 11.1. The molecule has 0 aromatic heterocycles. The van der Waals surface area contributed by atoms with E-state index in [4.69, 9.17) is 10.5 Å². The molecule has 0 aliphatic carbocycles. The topological polar surface area (TPSA) is 64.3 Å². The van der Waals surface area contributed by atoms with E-state index in [1.54, 1.807) is 0 Å². The summed E-state index contributed by atoms with van der Waals surface area (Å²) in [4.78, 5) is 11.4. The Hall–Kier alpha value is -1.55. The number of ether oxygens (including phenoxy) is 1. The van der Waals surface area contributed by atoms with Crippen molar-refractivity contribution in [1.29, 1.82) is 0 Å².